The molecule has 4 aliphatic heterocycles. The summed E-state index contributed by atoms with van der Waals surface area (Å²) in [4.78, 5) is 0. The van der Waals surface area contributed by atoms with Crippen LogP contribution in [0.4, 0.5) is 0 Å². The second-order valence-corrected chi connectivity index (χ2v) is 15.1. The second-order valence-electron chi connectivity index (χ2n) is 10.4. The summed E-state index contributed by atoms with van der Waals surface area (Å²) < 4.78 is 60.4. The van der Waals surface area contributed by atoms with Crippen LogP contribution in [0.5, 0.6) is 34.5 Å². The normalized spacial score (nSPS) is 18.9. The number of aliphatic hydroxyl groups is 2. The lowest BCUT2D eigenvalue weighted by Gasteiger charge is -2.29. The Morgan fingerprint density at radius 3 is 1.27 bits per heavy atom. The molecule has 10 nitrogen and oxygen atoms in total. The smallest absolute Gasteiger partial charge is 0.265 e. The molecule has 0 fully saturated rings. The van der Waals surface area contributed by atoms with E-state index in [1.54, 1.807) is 60.7 Å². The van der Waals surface area contributed by atoms with E-state index in [0.717, 1.165) is 30.8 Å². The van der Waals surface area contributed by atoms with Gasteiger partial charge in [0.25, 0.3) is 14.7 Å². The molecule has 0 amide bonds. The second kappa shape index (κ2) is 13.8. The first-order chi connectivity index (χ1) is 21.9. The van der Waals surface area contributed by atoms with Gasteiger partial charge in [-0.15, -0.1) is 0 Å². The molecule has 4 heterocycles. The Kier molecular flexibility index (Phi) is 9.61. The molecule has 0 saturated heterocycles. The molecule has 4 aromatic carbocycles. The monoisotopic (exact) mass is 652 g/mol. The van der Waals surface area contributed by atoms with Crippen LogP contribution >= 0.6 is 14.7 Å². The van der Waals surface area contributed by atoms with Gasteiger partial charge >= 0.3 is 0 Å². The minimum Gasteiger partial charge on any atom is -0.494 e. The van der Waals surface area contributed by atoms with Gasteiger partial charge in [0.2, 0.25) is 0 Å². The van der Waals surface area contributed by atoms with Gasteiger partial charge in [-0.05, 0) is 104 Å². The first kappa shape index (κ1) is 31.4. The zero-order valence-corrected chi connectivity index (χ0v) is 26.3. The van der Waals surface area contributed by atoms with E-state index >= 15 is 0 Å². The van der Waals surface area contributed by atoms with Crippen molar-refractivity contribution >= 4 is 36.0 Å². The average molecular weight is 653 g/mol. The number of fused-ring (bicyclic) bond motifs is 4. The largest absolute Gasteiger partial charge is 0.494 e. The zero-order valence-electron chi connectivity index (χ0n) is 24.5. The first-order valence-electron chi connectivity index (χ1n) is 14.8. The maximum Gasteiger partial charge on any atom is 0.265 e. The molecule has 0 aromatic heterocycles. The van der Waals surface area contributed by atoms with Gasteiger partial charge in [0.05, 0.1) is 50.3 Å². The van der Waals surface area contributed by atoms with E-state index in [-0.39, 0.29) is 26.4 Å². The Labute approximate surface area is 261 Å². The first-order valence-corrected chi connectivity index (χ1v) is 18.0. The van der Waals surface area contributed by atoms with Crippen molar-refractivity contribution in [2.45, 2.75) is 19.3 Å². The quantitative estimate of drug-likeness (QED) is 0.112. The Morgan fingerprint density at radius 2 is 0.889 bits per heavy atom. The average Bonchev–Trinajstić information content (AvgIpc) is 3.07. The number of rotatable bonds is 18. The van der Waals surface area contributed by atoms with E-state index in [1.165, 1.54) is 0 Å². The standard InChI is InChI=1S/C33H34O10P2/c34-16-20-40-44(36)28-12-14-30(32(44)22-28)42-26-8-4-24(5-9-26)38-18-2-1-3-19-39-25-6-10-27(11-7-25)43-31-15-13-29-23-33(31)45(29,37)41-21-17-35/h4-15,22-23,34-35H,1-3,16-21H2. The predicted molar refractivity (Wildman–Crippen MR) is 171 cm³/mol. The number of hydrogen-bond acceptors (Lipinski definition) is 10. The minimum atomic E-state index is -3.08. The number of unbranched alkanes of at least 4 members (excludes halogenated alkanes) is 2. The molecule has 4 aliphatic rings. The van der Waals surface area contributed by atoms with Crippen LogP contribution in [0, 0.1) is 0 Å². The van der Waals surface area contributed by atoms with Crippen LogP contribution in [0.1, 0.15) is 19.3 Å². The zero-order chi connectivity index (χ0) is 31.3. The van der Waals surface area contributed by atoms with Crippen molar-refractivity contribution in [2.24, 2.45) is 0 Å². The molecule has 2 N–H and O–H groups in total. The van der Waals surface area contributed by atoms with Crippen LogP contribution < -0.4 is 40.2 Å². The van der Waals surface area contributed by atoms with Crippen LogP contribution in [0.2, 0.25) is 0 Å². The summed E-state index contributed by atoms with van der Waals surface area (Å²) in [7, 11) is -6.16. The third-order valence-electron chi connectivity index (χ3n) is 7.36. The van der Waals surface area contributed by atoms with Gasteiger partial charge in [-0.1, -0.05) is 0 Å². The molecule has 4 aromatic rings. The number of benzene rings is 4. The summed E-state index contributed by atoms with van der Waals surface area (Å²) in [5.74, 6) is 3.61. The van der Waals surface area contributed by atoms with E-state index in [4.69, 9.17) is 38.2 Å². The van der Waals surface area contributed by atoms with Crippen molar-refractivity contribution < 1.29 is 47.3 Å². The highest BCUT2D eigenvalue weighted by molar-refractivity contribution is 7.77. The van der Waals surface area contributed by atoms with E-state index in [0.29, 0.717) is 57.4 Å². The van der Waals surface area contributed by atoms with Gasteiger partial charge in [0, 0.05) is 10.6 Å². The van der Waals surface area contributed by atoms with Crippen LogP contribution in [-0.2, 0) is 18.2 Å². The fourth-order valence-electron chi connectivity index (χ4n) is 5.01. The molecule has 8 rings (SSSR count). The summed E-state index contributed by atoms with van der Waals surface area (Å²) in [6, 6.07) is 25.1. The molecule has 0 radical (unpaired) electrons. The fraction of sp³-hybridized carbons (Fsp3) is 0.273. The minimum absolute atomic E-state index is 0.0110. The van der Waals surface area contributed by atoms with Gasteiger partial charge in [0.1, 0.15) is 34.5 Å². The van der Waals surface area contributed by atoms with Gasteiger partial charge in [-0.3, -0.25) is 9.13 Å². The van der Waals surface area contributed by atoms with Crippen molar-refractivity contribution in [1.29, 1.82) is 0 Å². The van der Waals surface area contributed by atoms with Crippen molar-refractivity contribution in [1.82, 2.24) is 0 Å². The molecular formula is C33H34O10P2. The third-order valence-corrected chi connectivity index (χ3v) is 12.3. The predicted octanol–water partition coefficient (Wildman–Crippen LogP) is 5.00. The lowest BCUT2D eigenvalue weighted by molar-refractivity contribution is 0.206. The molecule has 2 unspecified atom stereocenters. The van der Waals surface area contributed by atoms with Crippen LogP contribution in [0.3, 0.4) is 0 Å². The van der Waals surface area contributed by atoms with Crippen molar-refractivity contribution in [3.05, 3.63) is 84.9 Å². The highest BCUT2D eigenvalue weighted by Gasteiger charge is 2.42. The molecule has 4 bridgehead atoms. The molecule has 0 spiro atoms. The van der Waals surface area contributed by atoms with Crippen LogP contribution in [-0.4, -0.2) is 49.9 Å². The van der Waals surface area contributed by atoms with Crippen molar-refractivity contribution in [2.75, 3.05) is 39.6 Å². The van der Waals surface area contributed by atoms with E-state index < -0.39 is 14.7 Å². The Bertz CT molecular complexity index is 1590. The maximum atomic E-state index is 13.0. The van der Waals surface area contributed by atoms with Gasteiger partial charge < -0.3 is 38.2 Å². The van der Waals surface area contributed by atoms with Crippen LogP contribution in [0.25, 0.3) is 0 Å². The van der Waals surface area contributed by atoms with Gasteiger partial charge in [-0.25, -0.2) is 0 Å². The molecule has 0 saturated carbocycles. The number of hydrogen-bond donors (Lipinski definition) is 2. The summed E-state index contributed by atoms with van der Waals surface area (Å²) in [5, 5.41) is 20.4. The van der Waals surface area contributed by atoms with Crippen molar-refractivity contribution in [3.63, 3.8) is 0 Å². The van der Waals surface area contributed by atoms with E-state index in [9.17, 15) is 9.13 Å². The number of aliphatic hydroxyl groups excluding tert-OH is 2. The Balaban J connectivity index is 0.873. The summed E-state index contributed by atoms with van der Waals surface area (Å²) in [5.41, 5.74) is 0. The van der Waals surface area contributed by atoms with E-state index in [1.807, 2.05) is 24.3 Å². The molecule has 0 aliphatic carbocycles. The SMILES string of the molecule is O=P1(OCCO)c2ccc(Oc3ccc(OCCCCCOc4ccc(Oc5ccc6cc5P6(=O)OCCO)cc4)cc3)c1c2. The maximum absolute atomic E-state index is 13.0. The molecule has 45 heavy (non-hydrogen) atoms. The number of ether oxygens (including phenoxy) is 4. The Hall–Kier alpha value is -3.62. The third kappa shape index (κ3) is 6.68. The molecule has 2 atom stereocenters. The van der Waals surface area contributed by atoms with Gasteiger partial charge in [0.15, 0.2) is 0 Å². The summed E-state index contributed by atoms with van der Waals surface area (Å²) in [6.07, 6.45) is 2.69. The molecule has 236 valence electrons. The van der Waals surface area contributed by atoms with Gasteiger partial charge in [-0.2, -0.15) is 0 Å². The highest BCUT2D eigenvalue weighted by atomic mass is 31.2. The summed E-state index contributed by atoms with van der Waals surface area (Å²) in [6.45, 7) is 0.782. The van der Waals surface area contributed by atoms with Crippen molar-refractivity contribution in [3.8, 4) is 34.5 Å². The fourth-order valence-corrected chi connectivity index (χ4v) is 8.99. The lowest BCUT2D eigenvalue weighted by Crippen LogP contribution is -2.32. The molecule has 12 heteroatoms. The van der Waals surface area contributed by atoms with Crippen LogP contribution in [0.15, 0.2) is 84.9 Å². The topological polar surface area (TPSA) is 130 Å². The lowest BCUT2D eigenvalue weighted by atomic mass is 10.2. The summed E-state index contributed by atoms with van der Waals surface area (Å²) >= 11 is 0. The van der Waals surface area contributed by atoms with E-state index in [2.05, 4.69) is 0 Å². The Morgan fingerprint density at radius 1 is 0.489 bits per heavy atom. The highest BCUT2D eigenvalue weighted by Crippen LogP contribution is 2.54. The molecular weight excluding hydrogens is 618 g/mol.